The second-order valence-electron chi connectivity index (χ2n) is 8.27. The van der Waals surface area contributed by atoms with Crippen molar-refractivity contribution < 1.29 is 9.32 Å². The Morgan fingerprint density at radius 1 is 1.17 bits per heavy atom. The second-order valence-corrected chi connectivity index (χ2v) is 10.2. The first-order chi connectivity index (χ1) is 10.7. The number of aromatic nitrogens is 1. The molecule has 0 atom stereocenters. The molecule has 1 aromatic rings. The largest absolute Gasteiger partial charge is 0.361 e. The van der Waals surface area contributed by atoms with Crippen LogP contribution in [0.15, 0.2) is 10.6 Å². The molecule has 0 radical (unpaired) electrons. The maximum absolute atomic E-state index is 12.8. The van der Waals surface area contributed by atoms with Crippen molar-refractivity contribution in [3.8, 4) is 0 Å². The summed E-state index contributed by atoms with van der Waals surface area (Å²) >= 11 is 1.87. The van der Waals surface area contributed by atoms with E-state index in [2.05, 4.69) is 39.8 Å². The minimum atomic E-state index is -0.351. The minimum absolute atomic E-state index is 0.0705. The molecule has 1 saturated carbocycles. The van der Waals surface area contributed by atoms with Crippen molar-refractivity contribution in [2.45, 2.75) is 95.0 Å². The molecule has 2 rings (SSSR count). The maximum atomic E-state index is 12.8. The van der Waals surface area contributed by atoms with E-state index in [1.807, 2.05) is 17.8 Å². The zero-order chi connectivity index (χ0) is 17.1. The lowest BCUT2D eigenvalue weighted by Crippen LogP contribution is -2.32. The molecular formula is C19H31NO2S. The quantitative estimate of drug-likeness (QED) is 0.682. The van der Waals surface area contributed by atoms with E-state index in [1.165, 1.54) is 38.5 Å². The van der Waals surface area contributed by atoms with Crippen LogP contribution in [0.25, 0.3) is 0 Å². The van der Waals surface area contributed by atoms with Crippen LogP contribution in [-0.2, 0) is 16.6 Å². The van der Waals surface area contributed by atoms with E-state index in [-0.39, 0.29) is 15.9 Å². The fourth-order valence-electron chi connectivity index (χ4n) is 2.97. The summed E-state index contributed by atoms with van der Waals surface area (Å²) in [4.78, 5) is 12.8. The highest BCUT2D eigenvalue weighted by Gasteiger charge is 2.32. The van der Waals surface area contributed by atoms with Crippen molar-refractivity contribution in [3.63, 3.8) is 0 Å². The van der Waals surface area contributed by atoms with Gasteiger partial charge in [0.1, 0.15) is 5.76 Å². The summed E-state index contributed by atoms with van der Waals surface area (Å²) in [6.07, 6.45) is 8.17. The van der Waals surface area contributed by atoms with Gasteiger partial charge in [0.25, 0.3) is 0 Å². The van der Waals surface area contributed by atoms with E-state index in [1.54, 1.807) is 0 Å². The van der Waals surface area contributed by atoms with Crippen molar-refractivity contribution >= 4 is 17.5 Å². The van der Waals surface area contributed by atoms with Crippen molar-refractivity contribution in [2.24, 2.45) is 0 Å². The molecule has 0 spiro atoms. The van der Waals surface area contributed by atoms with Gasteiger partial charge in [0, 0.05) is 16.7 Å². The zero-order valence-electron chi connectivity index (χ0n) is 15.3. The van der Waals surface area contributed by atoms with Crippen molar-refractivity contribution in [2.75, 3.05) is 0 Å². The van der Waals surface area contributed by atoms with Crippen molar-refractivity contribution in [1.29, 1.82) is 0 Å². The summed E-state index contributed by atoms with van der Waals surface area (Å²) < 4.78 is 5.05. The molecule has 0 saturated heterocycles. The molecule has 4 heteroatoms. The van der Waals surface area contributed by atoms with Gasteiger partial charge in [-0.05, 0) is 26.7 Å². The highest BCUT2D eigenvalue weighted by Crippen LogP contribution is 2.37. The highest BCUT2D eigenvalue weighted by atomic mass is 32.2. The standard InChI is InChI=1S/C19H31NO2S/c1-18(2,3)17-13-14(20-22-17)12-16(21)19(4,5)23-15-10-8-6-7-9-11-15/h13,15H,6-12H2,1-5H3. The van der Waals surface area contributed by atoms with E-state index in [4.69, 9.17) is 4.52 Å². The number of rotatable bonds is 5. The lowest BCUT2D eigenvalue weighted by molar-refractivity contribution is -0.120. The fourth-order valence-corrected chi connectivity index (χ4v) is 4.57. The van der Waals surface area contributed by atoms with Gasteiger partial charge in [-0.3, -0.25) is 4.79 Å². The average molecular weight is 338 g/mol. The molecule has 0 aliphatic heterocycles. The minimum Gasteiger partial charge on any atom is -0.361 e. The molecule has 0 N–H and O–H groups in total. The predicted molar refractivity (Wildman–Crippen MR) is 97.1 cm³/mol. The molecule has 1 heterocycles. The first-order valence-electron chi connectivity index (χ1n) is 8.86. The third kappa shape index (κ3) is 5.37. The molecule has 0 aromatic carbocycles. The Labute approximate surface area is 145 Å². The normalized spacial score (nSPS) is 18.0. The van der Waals surface area contributed by atoms with Crippen LogP contribution in [0.4, 0.5) is 0 Å². The van der Waals surface area contributed by atoms with E-state index in [0.29, 0.717) is 11.7 Å². The van der Waals surface area contributed by atoms with Crippen LogP contribution in [0.5, 0.6) is 0 Å². The molecule has 0 bridgehead atoms. The monoisotopic (exact) mass is 337 g/mol. The summed E-state index contributed by atoms with van der Waals surface area (Å²) in [5.41, 5.74) is 0.688. The van der Waals surface area contributed by atoms with Gasteiger partial charge in [-0.1, -0.05) is 51.6 Å². The molecule has 0 unspecified atom stereocenters. The number of nitrogens with zero attached hydrogens (tertiary/aromatic N) is 1. The second kappa shape index (κ2) is 7.42. The first-order valence-corrected chi connectivity index (χ1v) is 9.73. The molecule has 3 nitrogen and oxygen atoms in total. The molecule has 130 valence electrons. The van der Waals surface area contributed by atoms with E-state index < -0.39 is 0 Å². The summed E-state index contributed by atoms with van der Waals surface area (Å²) in [7, 11) is 0. The number of ketones is 1. The third-order valence-electron chi connectivity index (χ3n) is 4.57. The number of Topliss-reactive ketones (excluding diaryl/α,β-unsaturated/α-hetero) is 1. The van der Waals surface area contributed by atoms with Crippen LogP contribution in [-0.4, -0.2) is 20.9 Å². The van der Waals surface area contributed by atoms with Crippen LogP contribution in [0.2, 0.25) is 0 Å². The lowest BCUT2D eigenvalue weighted by atomic mass is 9.92. The maximum Gasteiger partial charge on any atom is 0.154 e. The topological polar surface area (TPSA) is 43.1 Å². The van der Waals surface area contributed by atoms with E-state index in [0.717, 1.165) is 11.5 Å². The van der Waals surface area contributed by atoms with Gasteiger partial charge in [0.05, 0.1) is 16.9 Å². The number of thioether (sulfide) groups is 1. The predicted octanol–water partition coefficient (Wildman–Crippen LogP) is 5.32. The SMILES string of the molecule is CC(C)(SC1CCCCCC1)C(=O)Cc1cc(C(C)(C)C)on1. The Balaban J connectivity index is 1.96. The smallest absolute Gasteiger partial charge is 0.154 e. The van der Waals surface area contributed by atoms with Crippen molar-refractivity contribution in [3.05, 3.63) is 17.5 Å². The third-order valence-corrected chi connectivity index (χ3v) is 6.20. The molecule has 1 aliphatic carbocycles. The number of hydrogen-bond acceptors (Lipinski definition) is 4. The summed E-state index contributed by atoms with van der Waals surface area (Å²) in [5, 5.41) is 4.72. The van der Waals surface area contributed by atoms with Crippen LogP contribution in [0.1, 0.15) is 84.6 Å². The van der Waals surface area contributed by atoms with Crippen LogP contribution in [0, 0.1) is 0 Å². The average Bonchev–Trinajstić information content (AvgIpc) is 2.77. The first kappa shape index (κ1) is 18.6. The fraction of sp³-hybridized carbons (Fsp3) is 0.789. The van der Waals surface area contributed by atoms with Crippen LogP contribution < -0.4 is 0 Å². The number of hydrogen-bond donors (Lipinski definition) is 0. The Kier molecular flexibility index (Phi) is 5.99. The summed E-state index contributed by atoms with van der Waals surface area (Å²) in [5.74, 6) is 1.09. The van der Waals surface area contributed by atoms with Gasteiger partial charge in [0.15, 0.2) is 5.78 Å². The molecule has 1 aromatic heterocycles. The molecule has 23 heavy (non-hydrogen) atoms. The molecule has 0 amide bonds. The Bertz CT molecular complexity index is 520. The van der Waals surface area contributed by atoms with E-state index >= 15 is 0 Å². The summed E-state index contributed by atoms with van der Waals surface area (Å²) in [6, 6.07) is 1.93. The van der Waals surface area contributed by atoms with Gasteiger partial charge >= 0.3 is 0 Å². The summed E-state index contributed by atoms with van der Waals surface area (Å²) in [6.45, 7) is 10.4. The van der Waals surface area contributed by atoms with Crippen molar-refractivity contribution in [1.82, 2.24) is 5.16 Å². The van der Waals surface area contributed by atoms with Gasteiger partial charge in [-0.25, -0.2) is 0 Å². The number of carbonyl (C=O) groups is 1. The van der Waals surface area contributed by atoms with Gasteiger partial charge in [-0.15, -0.1) is 11.8 Å². The zero-order valence-corrected chi connectivity index (χ0v) is 16.1. The Morgan fingerprint density at radius 2 is 1.78 bits per heavy atom. The van der Waals surface area contributed by atoms with Crippen LogP contribution in [0.3, 0.4) is 0 Å². The Morgan fingerprint density at radius 3 is 2.30 bits per heavy atom. The molecule has 1 fully saturated rings. The highest BCUT2D eigenvalue weighted by molar-refractivity contribution is 8.01. The number of carbonyl (C=O) groups excluding carboxylic acids is 1. The lowest BCUT2D eigenvalue weighted by Gasteiger charge is -2.27. The molecular weight excluding hydrogens is 306 g/mol. The van der Waals surface area contributed by atoms with Gasteiger partial charge in [0.2, 0.25) is 0 Å². The van der Waals surface area contributed by atoms with Crippen LogP contribution >= 0.6 is 11.8 Å². The van der Waals surface area contributed by atoms with Gasteiger partial charge < -0.3 is 4.52 Å². The Hall–Kier alpha value is -0.770. The molecule has 1 aliphatic rings. The van der Waals surface area contributed by atoms with Gasteiger partial charge in [-0.2, -0.15) is 0 Å². The van der Waals surface area contributed by atoms with E-state index in [9.17, 15) is 4.79 Å².